The van der Waals surface area contributed by atoms with E-state index >= 15 is 0 Å². The lowest BCUT2D eigenvalue weighted by atomic mass is 9.97. The molecule has 1 aliphatic rings. The van der Waals surface area contributed by atoms with Crippen molar-refractivity contribution in [3.8, 4) is 6.07 Å². The highest BCUT2D eigenvalue weighted by molar-refractivity contribution is 6.22. The number of hydrogen-bond donors (Lipinski definition) is 0. The molecule has 0 radical (unpaired) electrons. The second-order valence-electron chi connectivity index (χ2n) is 3.28. The second-order valence-corrected chi connectivity index (χ2v) is 3.75. The van der Waals surface area contributed by atoms with Gasteiger partial charge in [0.25, 0.3) is 0 Å². The van der Waals surface area contributed by atoms with Crippen molar-refractivity contribution in [1.82, 2.24) is 0 Å². The van der Waals surface area contributed by atoms with E-state index in [-0.39, 0.29) is 5.38 Å². The number of nitriles is 1. The summed E-state index contributed by atoms with van der Waals surface area (Å²) < 4.78 is 0. The van der Waals surface area contributed by atoms with Crippen LogP contribution in [0.5, 0.6) is 0 Å². The molecule has 0 heterocycles. The fraction of sp³-hybridized carbons (Fsp3) is 0.889. The average Bonchev–Trinajstić information content (AvgIpc) is 2.30. The minimum atomic E-state index is -0.243. The fourth-order valence-corrected chi connectivity index (χ4v) is 1.96. The zero-order valence-corrected chi connectivity index (χ0v) is 7.48. The Labute approximate surface area is 73.3 Å². The molecule has 0 aliphatic heterocycles. The molecule has 1 aliphatic carbocycles. The maximum Gasteiger partial charge on any atom is 0.123 e. The van der Waals surface area contributed by atoms with Crippen LogP contribution in [0.4, 0.5) is 0 Å². The largest absolute Gasteiger partial charge is 0.197 e. The molecule has 0 bridgehead atoms. The minimum absolute atomic E-state index is 0.243. The summed E-state index contributed by atoms with van der Waals surface area (Å²) in [5.74, 6) is 0.462. The van der Waals surface area contributed by atoms with Gasteiger partial charge in [0.1, 0.15) is 5.38 Å². The van der Waals surface area contributed by atoms with Crippen molar-refractivity contribution in [2.75, 3.05) is 0 Å². The molecule has 0 N–H and O–H groups in total. The molecule has 1 nitrogen and oxygen atoms in total. The van der Waals surface area contributed by atoms with Gasteiger partial charge >= 0.3 is 0 Å². The number of alkyl halides is 1. The van der Waals surface area contributed by atoms with Gasteiger partial charge in [0, 0.05) is 0 Å². The molecule has 1 saturated carbocycles. The van der Waals surface area contributed by atoms with Crippen LogP contribution in [0.2, 0.25) is 0 Å². The van der Waals surface area contributed by atoms with E-state index in [9.17, 15) is 0 Å². The zero-order valence-electron chi connectivity index (χ0n) is 6.72. The Hall–Kier alpha value is -0.220. The molecule has 62 valence electrons. The summed E-state index contributed by atoms with van der Waals surface area (Å²) in [7, 11) is 0. The summed E-state index contributed by atoms with van der Waals surface area (Å²) in [6, 6.07) is 2.13. The molecule has 0 spiro atoms. The van der Waals surface area contributed by atoms with Crippen molar-refractivity contribution >= 4 is 11.6 Å². The third-order valence-electron chi connectivity index (χ3n) is 2.44. The summed E-state index contributed by atoms with van der Waals surface area (Å²) in [5.41, 5.74) is 0. The van der Waals surface area contributed by atoms with E-state index in [4.69, 9.17) is 16.9 Å². The molecular weight excluding hydrogens is 158 g/mol. The third kappa shape index (κ3) is 2.71. The standard InChI is InChI=1S/C9H14ClN/c10-9(7-11)8-5-3-1-2-4-6-8/h8-9H,1-6H2. The number of hydrogen-bond acceptors (Lipinski definition) is 1. The summed E-state index contributed by atoms with van der Waals surface area (Å²) in [6.45, 7) is 0. The van der Waals surface area contributed by atoms with Crippen molar-refractivity contribution < 1.29 is 0 Å². The molecule has 2 heteroatoms. The van der Waals surface area contributed by atoms with E-state index in [1.54, 1.807) is 0 Å². The van der Waals surface area contributed by atoms with Crippen LogP contribution >= 0.6 is 11.6 Å². The van der Waals surface area contributed by atoms with E-state index < -0.39 is 0 Å². The normalized spacial score (nSPS) is 23.6. The van der Waals surface area contributed by atoms with Crippen molar-refractivity contribution in [3.63, 3.8) is 0 Å². The Bertz CT molecular complexity index is 142. The Morgan fingerprint density at radius 1 is 1.18 bits per heavy atom. The predicted molar refractivity (Wildman–Crippen MR) is 46.4 cm³/mol. The molecule has 0 saturated heterocycles. The topological polar surface area (TPSA) is 23.8 Å². The van der Waals surface area contributed by atoms with Crippen LogP contribution in [0.15, 0.2) is 0 Å². The van der Waals surface area contributed by atoms with Crippen LogP contribution in [-0.4, -0.2) is 5.38 Å². The first kappa shape index (κ1) is 8.87. The van der Waals surface area contributed by atoms with Gasteiger partial charge in [0.2, 0.25) is 0 Å². The van der Waals surface area contributed by atoms with Crippen LogP contribution in [-0.2, 0) is 0 Å². The molecule has 0 aromatic rings. The third-order valence-corrected chi connectivity index (χ3v) is 2.89. The maximum absolute atomic E-state index is 8.60. The first-order valence-electron chi connectivity index (χ1n) is 4.38. The van der Waals surface area contributed by atoms with Gasteiger partial charge in [-0.2, -0.15) is 5.26 Å². The molecule has 1 atom stereocenters. The SMILES string of the molecule is N#CC(Cl)C1CCCCCC1. The van der Waals surface area contributed by atoms with Crippen LogP contribution < -0.4 is 0 Å². The monoisotopic (exact) mass is 171 g/mol. The molecule has 1 rings (SSSR count). The zero-order chi connectivity index (χ0) is 8.10. The second kappa shape index (κ2) is 4.62. The van der Waals surface area contributed by atoms with Crippen molar-refractivity contribution in [3.05, 3.63) is 0 Å². The molecular formula is C9H14ClN. The van der Waals surface area contributed by atoms with Gasteiger partial charge in [-0.25, -0.2) is 0 Å². The number of rotatable bonds is 1. The highest BCUT2D eigenvalue weighted by Gasteiger charge is 2.19. The smallest absolute Gasteiger partial charge is 0.123 e. The Morgan fingerprint density at radius 2 is 1.73 bits per heavy atom. The Morgan fingerprint density at radius 3 is 2.18 bits per heavy atom. The van der Waals surface area contributed by atoms with Crippen LogP contribution in [0.3, 0.4) is 0 Å². The van der Waals surface area contributed by atoms with Gasteiger partial charge in [0.15, 0.2) is 0 Å². The van der Waals surface area contributed by atoms with Crippen LogP contribution in [0, 0.1) is 17.2 Å². The first-order chi connectivity index (χ1) is 5.34. The molecule has 0 aromatic carbocycles. The average molecular weight is 172 g/mol. The summed E-state index contributed by atoms with van der Waals surface area (Å²) in [5, 5.41) is 8.35. The van der Waals surface area contributed by atoms with E-state index in [2.05, 4.69) is 6.07 Å². The van der Waals surface area contributed by atoms with E-state index in [0.717, 1.165) is 12.8 Å². The van der Waals surface area contributed by atoms with Gasteiger partial charge in [0.05, 0.1) is 6.07 Å². The predicted octanol–water partition coefficient (Wildman–Crippen LogP) is 3.09. The molecule has 0 aromatic heterocycles. The minimum Gasteiger partial charge on any atom is -0.197 e. The van der Waals surface area contributed by atoms with E-state index in [0.29, 0.717) is 5.92 Å². The Balaban J connectivity index is 2.37. The number of nitrogens with zero attached hydrogens (tertiary/aromatic N) is 1. The highest BCUT2D eigenvalue weighted by atomic mass is 35.5. The van der Waals surface area contributed by atoms with Crippen LogP contribution in [0.1, 0.15) is 38.5 Å². The number of halogens is 1. The summed E-state index contributed by atoms with van der Waals surface area (Å²) >= 11 is 5.86. The van der Waals surface area contributed by atoms with Gasteiger partial charge in [-0.3, -0.25) is 0 Å². The Kier molecular flexibility index (Phi) is 3.72. The summed E-state index contributed by atoms with van der Waals surface area (Å²) in [6.07, 6.45) is 7.48. The first-order valence-corrected chi connectivity index (χ1v) is 4.82. The van der Waals surface area contributed by atoms with Gasteiger partial charge in [-0.05, 0) is 18.8 Å². The fourth-order valence-electron chi connectivity index (χ4n) is 1.71. The van der Waals surface area contributed by atoms with Crippen molar-refractivity contribution in [2.24, 2.45) is 5.92 Å². The van der Waals surface area contributed by atoms with Gasteiger partial charge in [-0.15, -0.1) is 11.6 Å². The quantitative estimate of drug-likeness (QED) is 0.440. The van der Waals surface area contributed by atoms with Gasteiger partial charge in [-0.1, -0.05) is 25.7 Å². The lowest BCUT2D eigenvalue weighted by molar-refractivity contribution is 0.475. The molecule has 1 fully saturated rings. The highest BCUT2D eigenvalue weighted by Crippen LogP contribution is 2.27. The van der Waals surface area contributed by atoms with Crippen LogP contribution in [0.25, 0.3) is 0 Å². The lowest BCUT2D eigenvalue weighted by Crippen LogP contribution is -2.11. The van der Waals surface area contributed by atoms with Crippen molar-refractivity contribution in [1.29, 1.82) is 5.26 Å². The van der Waals surface area contributed by atoms with Crippen molar-refractivity contribution in [2.45, 2.75) is 43.9 Å². The van der Waals surface area contributed by atoms with E-state index in [1.807, 2.05) is 0 Å². The van der Waals surface area contributed by atoms with Gasteiger partial charge < -0.3 is 0 Å². The summed E-state index contributed by atoms with van der Waals surface area (Å²) in [4.78, 5) is 0. The maximum atomic E-state index is 8.60. The van der Waals surface area contributed by atoms with E-state index in [1.165, 1.54) is 25.7 Å². The lowest BCUT2D eigenvalue weighted by Gasteiger charge is -2.13. The molecule has 11 heavy (non-hydrogen) atoms. The molecule has 0 amide bonds. The molecule has 1 unspecified atom stereocenters.